The highest BCUT2D eigenvalue weighted by Crippen LogP contribution is 2.50. The summed E-state index contributed by atoms with van der Waals surface area (Å²) in [5.41, 5.74) is 6.88. The van der Waals surface area contributed by atoms with Crippen LogP contribution >= 0.6 is 11.6 Å². The molecule has 4 heteroatoms. The van der Waals surface area contributed by atoms with Crippen molar-refractivity contribution in [1.82, 2.24) is 10.4 Å². The van der Waals surface area contributed by atoms with Gasteiger partial charge in [-0.2, -0.15) is 5.01 Å². The van der Waals surface area contributed by atoms with Crippen molar-refractivity contribution in [2.24, 2.45) is 0 Å². The predicted octanol–water partition coefficient (Wildman–Crippen LogP) is 5.30. The lowest BCUT2D eigenvalue weighted by atomic mass is 9.87. The number of benzene rings is 2. The van der Waals surface area contributed by atoms with E-state index >= 15 is 0 Å². The van der Waals surface area contributed by atoms with Crippen LogP contribution in [0.2, 0.25) is 5.02 Å². The summed E-state index contributed by atoms with van der Waals surface area (Å²) in [6.45, 7) is 0. The van der Waals surface area contributed by atoms with Crippen molar-refractivity contribution in [3.05, 3.63) is 70.8 Å². The van der Waals surface area contributed by atoms with Gasteiger partial charge in [0.15, 0.2) is 5.72 Å². The van der Waals surface area contributed by atoms with Crippen LogP contribution in [-0.4, -0.2) is 10.7 Å². The molecule has 2 aromatic rings. The molecule has 0 bridgehead atoms. The Labute approximate surface area is 153 Å². The van der Waals surface area contributed by atoms with Crippen molar-refractivity contribution in [2.75, 3.05) is 0 Å². The van der Waals surface area contributed by atoms with Gasteiger partial charge in [0.2, 0.25) is 0 Å². The average Bonchev–Trinajstić information content (AvgIpc) is 3.11. The first-order chi connectivity index (χ1) is 12.3. The lowest BCUT2D eigenvalue weighted by Crippen LogP contribution is -2.60. The molecular weight excluding hydrogens is 332 g/mol. The third-order valence-electron chi connectivity index (χ3n) is 5.59. The fraction of sp³-hybridized carbons (Fsp3) is 0.333. The molecule has 1 saturated carbocycles. The summed E-state index contributed by atoms with van der Waals surface area (Å²) < 4.78 is 6.58. The number of halogens is 1. The second-order valence-corrected chi connectivity index (χ2v) is 7.60. The maximum atomic E-state index is 6.58. The Bertz CT molecular complexity index is 827. The van der Waals surface area contributed by atoms with Crippen LogP contribution in [0.5, 0.6) is 5.75 Å². The van der Waals surface area contributed by atoms with Gasteiger partial charge in [-0.3, -0.25) is 0 Å². The summed E-state index contributed by atoms with van der Waals surface area (Å²) in [7, 11) is 0. The van der Waals surface area contributed by atoms with Crippen LogP contribution in [0.25, 0.3) is 5.70 Å². The van der Waals surface area contributed by atoms with E-state index in [1.807, 2.05) is 24.3 Å². The van der Waals surface area contributed by atoms with Gasteiger partial charge in [0, 0.05) is 23.4 Å². The van der Waals surface area contributed by atoms with Gasteiger partial charge in [-0.15, -0.1) is 0 Å². The molecule has 128 valence electrons. The molecule has 0 unspecified atom stereocenters. The molecule has 1 fully saturated rings. The second kappa shape index (κ2) is 5.79. The Morgan fingerprint density at radius 1 is 1.04 bits per heavy atom. The van der Waals surface area contributed by atoms with Crippen LogP contribution in [0.4, 0.5) is 0 Å². The van der Waals surface area contributed by atoms with Crippen molar-refractivity contribution < 1.29 is 4.74 Å². The average molecular weight is 353 g/mol. The van der Waals surface area contributed by atoms with Gasteiger partial charge in [-0.25, -0.2) is 0 Å². The molecule has 0 radical (unpaired) electrons. The molecule has 5 rings (SSSR count). The third kappa shape index (κ3) is 2.45. The SMILES string of the molecule is Clc1ccc2c(c1)[C@@H]1C=C(c3ccccc3)NN1C1(CCCCC1)O2. The highest BCUT2D eigenvalue weighted by atomic mass is 35.5. The van der Waals surface area contributed by atoms with Crippen LogP contribution in [-0.2, 0) is 0 Å². The predicted molar refractivity (Wildman–Crippen MR) is 100 cm³/mol. The minimum atomic E-state index is -0.267. The molecule has 0 amide bonds. The van der Waals surface area contributed by atoms with Crippen molar-refractivity contribution >= 4 is 17.3 Å². The molecule has 3 aliphatic rings. The Balaban J connectivity index is 1.62. The number of nitrogens with one attached hydrogen (secondary N) is 1. The van der Waals surface area contributed by atoms with Crippen LogP contribution in [0.1, 0.15) is 49.3 Å². The zero-order chi connectivity index (χ0) is 16.9. The number of ether oxygens (including phenoxy) is 1. The first kappa shape index (κ1) is 15.3. The molecule has 1 N–H and O–H groups in total. The monoisotopic (exact) mass is 352 g/mol. The highest BCUT2D eigenvalue weighted by molar-refractivity contribution is 6.30. The topological polar surface area (TPSA) is 24.5 Å². The summed E-state index contributed by atoms with van der Waals surface area (Å²) in [6, 6.07) is 16.6. The normalized spacial score (nSPS) is 24.0. The molecule has 3 nitrogen and oxygen atoms in total. The fourth-order valence-corrected chi connectivity index (χ4v) is 4.56. The van der Waals surface area contributed by atoms with Crippen LogP contribution in [0.15, 0.2) is 54.6 Å². The summed E-state index contributed by atoms with van der Waals surface area (Å²) in [5, 5.41) is 3.08. The number of hydrogen-bond donors (Lipinski definition) is 1. The molecule has 25 heavy (non-hydrogen) atoms. The Kier molecular flexibility index (Phi) is 3.54. The quantitative estimate of drug-likeness (QED) is 0.754. The highest BCUT2D eigenvalue weighted by Gasteiger charge is 2.50. The molecule has 2 aliphatic heterocycles. The third-order valence-corrected chi connectivity index (χ3v) is 5.83. The summed E-state index contributed by atoms with van der Waals surface area (Å²) >= 11 is 6.28. The molecule has 1 aliphatic carbocycles. The van der Waals surface area contributed by atoms with Gasteiger partial charge in [0.1, 0.15) is 5.75 Å². The maximum absolute atomic E-state index is 6.58. The van der Waals surface area contributed by atoms with Gasteiger partial charge >= 0.3 is 0 Å². The zero-order valence-corrected chi connectivity index (χ0v) is 14.8. The lowest BCUT2D eigenvalue weighted by molar-refractivity contribution is -0.150. The maximum Gasteiger partial charge on any atom is 0.180 e. The summed E-state index contributed by atoms with van der Waals surface area (Å²) in [4.78, 5) is 0. The first-order valence-electron chi connectivity index (χ1n) is 9.07. The minimum absolute atomic E-state index is 0.149. The molecule has 0 aromatic heterocycles. The lowest BCUT2D eigenvalue weighted by Gasteiger charge is -2.50. The Morgan fingerprint density at radius 2 is 1.84 bits per heavy atom. The van der Waals surface area contributed by atoms with E-state index in [4.69, 9.17) is 16.3 Å². The van der Waals surface area contributed by atoms with E-state index in [2.05, 4.69) is 40.8 Å². The largest absolute Gasteiger partial charge is 0.471 e. The molecule has 1 spiro atoms. The standard InChI is InChI=1S/C21H21ClN2O/c22-16-9-10-20-17(13-16)19-14-18(15-7-3-1-4-8-15)23-24(19)21(25-20)11-5-2-6-12-21/h1,3-4,7-10,13-14,19,23H,2,5-6,11-12H2/t19-/m0/s1. The van der Waals surface area contributed by atoms with Gasteiger partial charge in [-0.05, 0) is 42.7 Å². The number of hydrogen-bond acceptors (Lipinski definition) is 3. The van der Waals surface area contributed by atoms with E-state index in [1.165, 1.54) is 24.8 Å². The van der Waals surface area contributed by atoms with E-state index in [-0.39, 0.29) is 11.8 Å². The number of rotatable bonds is 1. The molecular formula is C21H21ClN2O. The minimum Gasteiger partial charge on any atom is -0.471 e. The van der Waals surface area contributed by atoms with Crippen molar-refractivity contribution in [3.8, 4) is 5.75 Å². The van der Waals surface area contributed by atoms with E-state index in [0.29, 0.717) is 0 Å². The second-order valence-electron chi connectivity index (χ2n) is 7.16. The van der Waals surface area contributed by atoms with Crippen molar-refractivity contribution in [1.29, 1.82) is 0 Å². The van der Waals surface area contributed by atoms with E-state index in [1.54, 1.807) is 0 Å². The smallest absolute Gasteiger partial charge is 0.180 e. The molecule has 2 heterocycles. The summed E-state index contributed by atoms with van der Waals surface area (Å²) in [5.74, 6) is 0.972. The first-order valence-corrected chi connectivity index (χ1v) is 9.45. The molecule has 0 saturated heterocycles. The van der Waals surface area contributed by atoms with Gasteiger partial charge in [-0.1, -0.05) is 48.4 Å². The fourth-order valence-electron chi connectivity index (χ4n) is 4.38. The van der Waals surface area contributed by atoms with Gasteiger partial charge in [0.05, 0.1) is 11.7 Å². The van der Waals surface area contributed by atoms with Crippen LogP contribution < -0.4 is 10.2 Å². The van der Waals surface area contributed by atoms with E-state index < -0.39 is 0 Å². The van der Waals surface area contributed by atoms with Gasteiger partial charge in [0.25, 0.3) is 0 Å². The van der Waals surface area contributed by atoms with E-state index in [9.17, 15) is 0 Å². The van der Waals surface area contributed by atoms with Crippen molar-refractivity contribution in [2.45, 2.75) is 43.9 Å². The number of hydrazine groups is 1. The van der Waals surface area contributed by atoms with Gasteiger partial charge < -0.3 is 10.2 Å². The molecule has 1 atom stereocenters. The van der Waals surface area contributed by atoms with E-state index in [0.717, 1.165) is 34.9 Å². The van der Waals surface area contributed by atoms with Crippen LogP contribution in [0, 0.1) is 0 Å². The Morgan fingerprint density at radius 3 is 2.64 bits per heavy atom. The summed E-state index contributed by atoms with van der Waals surface area (Å²) in [6.07, 6.45) is 8.10. The Hall–Kier alpha value is -1.97. The number of fused-ring (bicyclic) bond motifs is 4. The van der Waals surface area contributed by atoms with Crippen LogP contribution in [0.3, 0.4) is 0 Å². The molecule has 2 aromatic carbocycles. The zero-order valence-electron chi connectivity index (χ0n) is 14.0. The van der Waals surface area contributed by atoms with Crippen molar-refractivity contribution in [3.63, 3.8) is 0 Å². The number of nitrogens with zero attached hydrogens (tertiary/aromatic N) is 1.